The van der Waals surface area contributed by atoms with Gasteiger partial charge in [0.25, 0.3) is 23.4 Å². The fourth-order valence-corrected chi connectivity index (χ4v) is 6.83. The zero-order chi connectivity index (χ0) is 29.5. The van der Waals surface area contributed by atoms with Gasteiger partial charge in [-0.3, -0.25) is 29.3 Å². The minimum Gasteiger partial charge on any atom is -0.292 e. The molecule has 4 rings (SSSR count). The molecule has 9 nitrogen and oxygen atoms in total. The maximum atomic E-state index is 14.0. The normalized spacial score (nSPS) is 13.3. The number of hydrogen-bond donors (Lipinski definition) is 0. The number of ketones is 1. The number of rotatable bonds is 8. The molecule has 0 radical (unpaired) electrons. The van der Waals surface area contributed by atoms with E-state index in [2.05, 4.69) is 63.7 Å². The van der Waals surface area contributed by atoms with Gasteiger partial charge in [-0.1, -0.05) is 11.6 Å². The summed E-state index contributed by atoms with van der Waals surface area (Å²) in [6.45, 7) is 0. The summed E-state index contributed by atoms with van der Waals surface area (Å²) in [4.78, 5) is 66.0. The molecule has 206 valence electrons. The molecule has 3 amide bonds. The lowest BCUT2D eigenvalue weighted by atomic mass is 10.0. The van der Waals surface area contributed by atoms with Crippen molar-refractivity contribution in [3.05, 3.63) is 104 Å². The SMILES string of the molecule is O=C(c1ccc(Cl)cc1)[C@H](CCCl)N(C(=O)c1ccc([N+](=O)[O-])cc1)N1C(=O)c2c(Br)c(Br)c(Br)c(Br)c2C1=O. The third-order valence-corrected chi connectivity index (χ3v) is 11.2. The maximum absolute atomic E-state index is 14.0. The average Bonchev–Trinajstić information content (AvgIpc) is 3.20. The number of carbonyl (C=O) groups is 4. The molecule has 0 aliphatic carbocycles. The highest BCUT2D eigenvalue weighted by Gasteiger charge is 2.48. The van der Waals surface area contributed by atoms with E-state index < -0.39 is 34.5 Å². The van der Waals surface area contributed by atoms with Gasteiger partial charge in [0.2, 0.25) is 0 Å². The van der Waals surface area contributed by atoms with Crippen molar-refractivity contribution in [1.29, 1.82) is 0 Å². The van der Waals surface area contributed by atoms with Crippen molar-refractivity contribution in [2.75, 3.05) is 5.88 Å². The molecule has 0 saturated heterocycles. The predicted molar refractivity (Wildman–Crippen MR) is 162 cm³/mol. The summed E-state index contributed by atoms with van der Waals surface area (Å²) < 4.78 is 1.37. The first-order valence-electron chi connectivity index (χ1n) is 11.1. The number of Topliss-reactive ketones (excluding diaryl/α,β-unsaturated/α-hetero) is 1. The van der Waals surface area contributed by atoms with Crippen LogP contribution in [-0.4, -0.2) is 50.4 Å². The van der Waals surface area contributed by atoms with Crippen LogP contribution in [0.1, 0.15) is 47.9 Å². The molecule has 1 aliphatic rings. The number of fused-ring (bicyclic) bond motifs is 1. The van der Waals surface area contributed by atoms with Crippen LogP contribution in [0.15, 0.2) is 66.4 Å². The molecule has 0 spiro atoms. The molecule has 0 fully saturated rings. The molecule has 1 atom stereocenters. The molecule has 0 unspecified atom stereocenters. The minimum atomic E-state index is -1.41. The van der Waals surface area contributed by atoms with E-state index in [1.165, 1.54) is 36.4 Å². The minimum absolute atomic E-state index is 0.0444. The van der Waals surface area contributed by atoms with Crippen LogP contribution in [0, 0.1) is 10.1 Å². The Labute approximate surface area is 270 Å². The predicted octanol–water partition coefficient (Wildman–Crippen LogP) is 7.83. The molecule has 0 N–H and O–H groups in total. The molecule has 3 aromatic carbocycles. The molecular formula is C25H13Br4Cl2N3O6. The number of benzene rings is 3. The van der Waals surface area contributed by atoms with Gasteiger partial charge in [-0.15, -0.1) is 11.6 Å². The van der Waals surface area contributed by atoms with E-state index in [0.29, 0.717) is 19.0 Å². The number of carbonyl (C=O) groups excluding carboxylic acids is 4. The number of hydrazine groups is 1. The lowest BCUT2D eigenvalue weighted by molar-refractivity contribution is -0.384. The van der Waals surface area contributed by atoms with E-state index in [0.717, 1.165) is 17.1 Å². The van der Waals surface area contributed by atoms with Crippen molar-refractivity contribution in [3.63, 3.8) is 0 Å². The zero-order valence-corrected chi connectivity index (χ0v) is 27.5. The quantitative estimate of drug-likeness (QED) is 0.0434. The highest BCUT2D eigenvalue weighted by atomic mass is 79.9. The molecule has 0 aromatic heterocycles. The van der Waals surface area contributed by atoms with E-state index in [1.807, 2.05) is 0 Å². The second-order valence-corrected chi connectivity index (χ2v) is 12.2. The molecular weight excluding hydrogens is 829 g/mol. The largest absolute Gasteiger partial charge is 0.292 e. The van der Waals surface area contributed by atoms with Crippen LogP contribution < -0.4 is 0 Å². The molecule has 40 heavy (non-hydrogen) atoms. The Morgan fingerprint density at radius 1 is 0.850 bits per heavy atom. The first kappa shape index (κ1) is 30.8. The van der Waals surface area contributed by atoms with Crippen molar-refractivity contribution >= 4 is 116 Å². The first-order chi connectivity index (χ1) is 18.9. The van der Waals surface area contributed by atoms with Crippen molar-refractivity contribution in [3.8, 4) is 0 Å². The highest BCUT2D eigenvalue weighted by Crippen LogP contribution is 2.46. The number of alkyl halides is 1. The van der Waals surface area contributed by atoms with E-state index in [-0.39, 0.29) is 49.2 Å². The standard InChI is InChI=1S/C25H13Br4Cl2N3O6/c26-18-16-17(19(27)21(29)20(18)28)25(38)33(24(16)37)32(23(36)12-3-7-14(8-4-12)34(39)40)15(9-10-30)22(35)11-1-5-13(31)6-2-11/h1-8,15H,9-10H2/t15-/m0/s1. The topological polar surface area (TPSA) is 118 Å². The molecule has 3 aromatic rings. The van der Waals surface area contributed by atoms with Gasteiger partial charge in [-0.2, -0.15) is 5.01 Å². The van der Waals surface area contributed by atoms with E-state index in [4.69, 9.17) is 23.2 Å². The smallest absolute Gasteiger partial charge is 0.282 e. The Kier molecular flexibility index (Phi) is 9.53. The van der Waals surface area contributed by atoms with Crippen LogP contribution in [0.4, 0.5) is 5.69 Å². The summed E-state index contributed by atoms with van der Waals surface area (Å²) in [5.74, 6) is -3.39. The lowest BCUT2D eigenvalue weighted by Crippen LogP contribution is -2.57. The Morgan fingerprint density at radius 2 is 1.32 bits per heavy atom. The fourth-order valence-electron chi connectivity index (χ4n) is 4.04. The number of nitrogens with zero attached hydrogens (tertiary/aromatic N) is 3. The van der Waals surface area contributed by atoms with Crippen LogP contribution in [0.25, 0.3) is 0 Å². The fraction of sp³-hybridized carbons (Fsp3) is 0.120. The maximum Gasteiger partial charge on any atom is 0.282 e. The van der Waals surface area contributed by atoms with Gasteiger partial charge in [-0.25, -0.2) is 5.01 Å². The second kappa shape index (κ2) is 12.4. The number of halogens is 6. The van der Waals surface area contributed by atoms with Crippen LogP contribution in [0.5, 0.6) is 0 Å². The number of amides is 3. The molecule has 0 saturated carbocycles. The van der Waals surface area contributed by atoms with Gasteiger partial charge in [0.05, 0.1) is 16.1 Å². The first-order valence-corrected chi connectivity index (χ1v) is 15.2. The third-order valence-electron chi connectivity index (χ3n) is 5.94. The van der Waals surface area contributed by atoms with Crippen molar-refractivity contribution in [1.82, 2.24) is 10.0 Å². The van der Waals surface area contributed by atoms with Crippen LogP contribution in [0.3, 0.4) is 0 Å². The third kappa shape index (κ3) is 5.51. The van der Waals surface area contributed by atoms with Gasteiger partial charge in [0.15, 0.2) is 5.78 Å². The van der Waals surface area contributed by atoms with Crippen molar-refractivity contribution < 1.29 is 24.1 Å². The number of nitro benzene ring substituents is 1. The summed E-state index contributed by atoms with van der Waals surface area (Å²) in [7, 11) is 0. The zero-order valence-electron chi connectivity index (χ0n) is 19.7. The van der Waals surface area contributed by atoms with Gasteiger partial charge in [-0.05, 0) is 107 Å². The summed E-state index contributed by atoms with van der Waals surface area (Å²) in [5.41, 5.74) is -0.313. The van der Waals surface area contributed by atoms with Crippen molar-refractivity contribution in [2.24, 2.45) is 0 Å². The van der Waals surface area contributed by atoms with Crippen LogP contribution in [-0.2, 0) is 0 Å². The number of hydrogen-bond acceptors (Lipinski definition) is 6. The molecule has 15 heteroatoms. The summed E-state index contributed by atoms with van der Waals surface area (Å²) >= 11 is 25.4. The Bertz CT molecular complexity index is 1540. The van der Waals surface area contributed by atoms with Gasteiger partial charge in [0, 0.05) is 52.1 Å². The summed E-state index contributed by atoms with van der Waals surface area (Å²) in [6.07, 6.45) is -0.134. The Morgan fingerprint density at radius 3 is 1.77 bits per heavy atom. The average molecular weight is 842 g/mol. The molecule has 1 heterocycles. The Hall–Kier alpha value is -2.16. The van der Waals surface area contributed by atoms with E-state index in [9.17, 15) is 29.3 Å². The Balaban J connectivity index is 1.91. The van der Waals surface area contributed by atoms with Crippen LogP contribution >= 0.6 is 86.9 Å². The van der Waals surface area contributed by atoms with Crippen molar-refractivity contribution in [2.45, 2.75) is 12.5 Å². The van der Waals surface area contributed by atoms with E-state index >= 15 is 0 Å². The lowest BCUT2D eigenvalue weighted by Gasteiger charge is -2.36. The second-order valence-electron chi connectivity index (χ2n) is 8.25. The van der Waals surface area contributed by atoms with Gasteiger partial charge >= 0.3 is 0 Å². The summed E-state index contributed by atoms with van der Waals surface area (Å²) in [5, 5.41) is 12.9. The number of nitro groups is 1. The van der Waals surface area contributed by atoms with Crippen LogP contribution in [0.2, 0.25) is 5.02 Å². The number of non-ortho nitro benzene ring substituents is 1. The molecule has 1 aliphatic heterocycles. The van der Waals surface area contributed by atoms with E-state index in [1.54, 1.807) is 0 Å². The monoisotopic (exact) mass is 837 g/mol. The highest BCUT2D eigenvalue weighted by molar-refractivity contribution is 9.15. The van der Waals surface area contributed by atoms with Gasteiger partial charge < -0.3 is 0 Å². The summed E-state index contributed by atoms with van der Waals surface area (Å²) in [6, 6.07) is 9.02. The molecule has 0 bridgehead atoms. The van der Waals surface area contributed by atoms with Gasteiger partial charge in [0.1, 0.15) is 6.04 Å². The number of imide groups is 1.